The molecule has 0 spiro atoms. The number of aromatic hydroxyl groups is 3. The summed E-state index contributed by atoms with van der Waals surface area (Å²) in [6, 6.07) is 7.28. The van der Waals surface area contributed by atoms with Crippen LogP contribution in [0, 0.1) is 6.92 Å². The Morgan fingerprint density at radius 2 is 1.33 bits per heavy atom. The lowest BCUT2D eigenvalue weighted by Crippen LogP contribution is -2.54. The van der Waals surface area contributed by atoms with Gasteiger partial charge in [-0.1, -0.05) is 6.07 Å². The molecule has 0 bridgehead atoms. The van der Waals surface area contributed by atoms with Crippen molar-refractivity contribution in [1.82, 2.24) is 0 Å². The fourth-order valence-electron chi connectivity index (χ4n) is 8.77. The maximum Gasteiger partial charge on any atom is 0.198 e. The number of ketones is 3. The normalized spacial score (nSPS) is 35.2. The molecule has 4 heterocycles. The fourth-order valence-corrected chi connectivity index (χ4v) is 8.77. The van der Waals surface area contributed by atoms with Gasteiger partial charge in [0, 0.05) is 46.7 Å². The highest BCUT2D eigenvalue weighted by Crippen LogP contribution is 2.46. The van der Waals surface area contributed by atoms with Gasteiger partial charge in [0.05, 0.1) is 53.9 Å². The minimum absolute atomic E-state index is 0.0378. The van der Waals surface area contributed by atoms with Gasteiger partial charge in [0.2, 0.25) is 0 Å². The van der Waals surface area contributed by atoms with E-state index < -0.39 is 90.8 Å². The highest BCUT2D eigenvalue weighted by atomic mass is 16.7. The zero-order valence-corrected chi connectivity index (χ0v) is 32.7. The van der Waals surface area contributed by atoms with Crippen LogP contribution in [0.3, 0.4) is 0 Å². The van der Waals surface area contributed by atoms with Crippen LogP contribution in [0.4, 0.5) is 0 Å². The maximum atomic E-state index is 13.9. The number of phenols is 3. The van der Waals surface area contributed by atoms with Crippen molar-refractivity contribution >= 4 is 28.1 Å². The summed E-state index contributed by atoms with van der Waals surface area (Å²) in [4.78, 5) is 39.3. The van der Waals surface area contributed by atoms with Crippen molar-refractivity contribution in [3.8, 4) is 17.2 Å². The van der Waals surface area contributed by atoms with Crippen molar-refractivity contribution in [2.45, 2.75) is 140 Å². The highest BCUT2D eigenvalue weighted by molar-refractivity contribution is 6.32. The average molecular weight is 805 g/mol. The van der Waals surface area contributed by atoms with E-state index in [0.717, 1.165) is 0 Å². The standard InChI is InChI=1S/C43H48O15/c1-17-12-25-24(28(45)13-17)14-26-37(40(25)50)39(49)23-7-6-22(38(48)36(23)41(26)51)32-15-29(46)42(20(4)52-32)58-35-16-30(47)43(21(5)55-35)57-34-11-9-31(19(3)54-34)56-33-10-8-27(44)18(2)53-33/h6-8,10,12-14,18-21,29-35,42-43,45-48,50H,9,11,15-16H2,1-5H3. The zero-order chi connectivity index (χ0) is 41.3. The predicted molar refractivity (Wildman–Crippen MR) is 203 cm³/mol. The quantitative estimate of drug-likeness (QED) is 0.176. The molecule has 310 valence electrons. The molecular formula is C43H48O15. The van der Waals surface area contributed by atoms with Gasteiger partial charge in [-0.3, -0.25) is 14.4 Å². The van der Waals surface area contributed by atoms with Crippen molar-refractivity contribution in [3.05, 3.63) is 75.9 Å². The molecule has 3 fully saturated rings. The molecule has 3 aromatic carbocycles. The van der Waals surface area contributed by atoms with Crippen LogP contribution in [0.5, 0.6) is 17.2 Å². The summed E-state index contributed by atoms with van der Waals surface area (Å²) >= 11 is 0. The first kappa shape index (κ1) is 40.5. The molecule has 13 unspecified atom stereocenters. The molecule has 3 aromatic rings. The summed E-state index contributed by atoms with van der Waals surface area (Å²) in [6.45, 7) is 8.69. The van der Waals surface area contributed by atoms with Gasteiger partial charge < -0.3 is 58.7 Å². The molecule has 15 heteroatoms. The van der Waals surface area contributed by atoms with Gasteiger partial charge in [-0.25, -0.2) is 0 Å². The first-order valence-corrected chi connectivity index (χ1v) is 19.7. The second-order valence-electron chi connectivity index (χ2n) is 16.0. The smallest absolute Gasteiger partial charge is 0.198 e. The second-order valence-corrected chi connectivity index (χ2v) is 16.0. The first-order valence-electron chi connectivity index (χ1n) is 19.7. The van der Waals surface area contributed by atoms with Gasteiger partial charge in [0.1, 0.15) is 35.6 Å². The van der Waals surface area contributed by atoms with Crippen molar-refractivity contribution in [2.24, 2.45) is 0 Å². The summed E-state index contributed by atoms with van der Waals surface area (Å²) in [6.07, 6.45) is -5.26. The lowest BCUT2D eigenvalue weighted by molar-refractivity contribution is -0.325. The molecule has 1 aliphatic carbocycles. The number of benzene rings is 3. The summed E-state index contributed by atoms with van der Waals surface area (Å²) in [7, 11) is 0. The molecule has 4 aliphatic heterocycles. The third-order valence-corrected chi connectivity index (χ3v) is 11.8. The number of ether oxygens (including phenoxy) is 7. The maximum absolute atomic E-state index is 13.9. The van der Waals surface area contributed by atoms with E-state index >= 15 is 0 Å². The van der Waals surface area contributed by atoms with Gasteiger partial charge in [-0.05, 0) is 83.0 Å². The van der Waals surface area contributed by atoms with E-state index in [2.05, 4.69) is 0 Å². The third-order valence-electron chi connectivity index (χ3n) is 11.8. The molecule has 5 N–H and O–H groups in total. The summed E-state index contributed by atoms with van der Waals surface area (Å²) < 4.78 is 42.5. The number of carbonyl (C=O) groups excluding carboxylic acids is 3. The molecule has 5 aliphatic rings. The van der Waals surface area contributed by atoms with Crippen molar-refractivity contribution in [2.75, 3.05) is 0 Å². The molecule has 58 heavy (non-hydrogen) atoms. The van der Waals surface area contributed by atoms with Crippen LogP contribution in [0.1, 0.15) is 102 Å². The molecule has 8 rings (SSSR count). The molecule has 0 amide bonds. The Kier molecular flexibility index (Phi) is 11.0. The Bertz CT molecular complexity index is 2140. The van der Waals surface area contributed by atoms with Gasteiger partial charge in [0.15, 0.2) is 36.2 Å². The Labute approximate surface area is 334 Å². The lowest BCUT2D eigenvalue weighted by atomic mass is 9.79. The molecule has 0 radical (unpaired) electrons. The number of hydrogen-bond donors (Lipinski definition) is 5. The number of aliphatic hydroxyl groups excluding tert-OH is 2. The third kappa shape index (κ3) is 7.33. The lowest BCUT2D eigenvalue weighted by Gasteiger charge is -2.44. The summed E-state index contributed by atoms with van der Waals surface area (Å²) in [5, 5.41) is 56.1. The minimum atomic E-state index is -1.12. The second kappa shape index (κ2) is 15.7. The molecule has 3 saturated heterocycles. The number of fused-ring (bicyclic) bond motifs is 3. The largest absolute Gasteiger partial charge is 0.507 e. The van der Waals surface area contributed by atoms with Crippen molar-refractivity contribution in [1.29, 1.82) is 0 Å². The molecule has 13 atom stereocenters. The number of phenolic OH excluding ortho intramolecular Hbond substituents is 3. The topological polar surface area (TPSA) is 217 Å². The molecule has 0 aromatic heterocycles. The van der Waals surface area contributed by atoms with E-state index in [1.807, 2.05) is 6.92 Å². The van der Waals surface area contributed by atoms with Crippen molar-refractivity contribution < 1.29 is 73.1 Å². The number of rotatable bonds is 7. The van der Waals surface area contributed by atoms with Gasteiger partial charge >= 0.3 is 0 Å². The number of hydrogen-bond acceptors (Lipinski definition) is 15. The monoisotopic (exact) mass is 804 g/mol. The zero-order valence-electron chi connectivity index (χ0n) is 32.7. The number of aliphatic hydroxyl groups is 2. The first-order chi connectivity index (χ1) is 27.6. The molecule has 15 nitrogen and oxygen atoms in total. The van der Waals surface area contributed by atoms with Gasteiger partial charge in [0.25, 0.3) is 0 Å². The Morgan fingerprint density at radius 1 is 0.672 bits per heavy atom. The summed E-state index contributed by atoms with van der Waals surface area (Å²) in [5.41, 5.74) is 0.0952. The van der Waals surface area contributed by atoms with E-state index in [1.54, 1.807) is 39.8 Å². The van der Waals surface area contributed by atoms with Crippen LogP contribution in [0.25, 0.3) is 10.8 Å². The number of carbonyl (C=O) groups is 3. The van der Waals surface area contributed by atoms with Crippen molar-refractivity contribution in [3.63, 3.8) is 0 Å². The Morgan fingerprint density at radius 3 is 2.02 bits per heavy atom. The van der Waals surface area contributed by atoms with Gasteiger partial charge in [-0.15, -0.1) is 0 Å². The average Bonchev–Trinajstić information content (AvgIpc) is 3.16. The van der Waals surface area contributed by atoms with E-state index in [0.29, 0.717) is 18.4 Å². The predicted octanol–water partition coefficient (Wildman–Crippen LogP) is 4.30. The van der Waals surface area contributed by atoms with Crippen LogP contribution in [-0.4, -0.2) is 117 Å². The Hall–Kier alpha value is -4.29. The van der Waals surface area contributed by atoms with Crippen LogP contribution in [0.2, 0.25) is 0 Å². The van der Waals surface area contributed by atoms with E-state index in [-0.39, 0.29) is 75.2 Å². The Balaban J connectivity index is 0.889. The van der Waals surface area contributed by atoms with Gasteiger partial charge in [-0.2, -0.15) is 0 Å². The summed E-state index contributed by atoms with van der Waals surface area (Å²) in [5.74, 6) is -2.58. The molecular weight excluding hydrogens is 756 g/mol. The highest BCUT2D eigenvalue weighted by Gasteiger charge is 2.45. The van der Waals surface area contributed by atoms with E-state index in [1.165, 1.54) is 30.3 Å². The fraction of sp³-hybridized carbons (Fsp3) is 0.512. The van der Waals surface area contributed by atoms with Crippen LogP contribution < -0.4 is 0 Å². The minimum Gasteiger partial charge on any atom is -0.507 e. The number of aryl methyl sites for hydroxylation is 1. The van der Waals surface area contributed by atoms with Crippen LogP contribution >= 0.6 is 0 Å². The van der Waals surface area contributed by atoms with E-state index in [4.69, 9.17) is 33.2 Å². The van der Waals surface area contributed by atoms with E-state index in [9.17, 15) is 39.9 Å². The van der Waals surface area contributed by atoms with Crippen LogP contribution in [0.15, 0.2) is 42.5 Å². The SMILES string of the molecule is Cc1cc(O)c2cc3c(c(O)c2c1)C(=O)c1ccc(C2CC(O)C(OC4CC(O)C(OC5CCC(OC6C=CC(=O)C(C)O6)C(C)O5)C(C)O4)C(C)O2)c(O)c1C3=O. The molecule has 0 saturated carbocycles. The van der Waals surface area contributed by atoms with Crippen LogP contribution in [-0.2, 0) is 38.0 Å².